The summed E-state index contributed by atoms with van der Waals surface area (Å²) in [7, 11) is 0. The van der Waals surface area contributed by atoms with E-state index in [-0.39, 0.29) is 68.4 Å². The molecule has 4 aliphatic heterocycles. The van der Waals surface area contributed by atoms with Crippen molar-refractivity contribution in [3.8, 4) is 45.0 Å². The predicted octanol–water partition coefficient (Wildman–Crippen LogP) is 23.4. The van der Waals surface area contributed by atoms with E-state index in [1.54, 1.807) is 24.3 Å². The van der Waals surface area contributed by atoms with Crippen molar-refractivity contribution in [1.29, 1.82) is 0 Å². The van der Waals surface area contributed by atoms with Gasteiger partial charge in [0.2, 0.25) is 0 Å². The lowest BCUT2D eigenvalue weighted by atomic mass is 9.33. The molecule has 0 N–H and O–H groups in total. The topological polar surface area (TPSA) is 19.7 Å². The first-order valence-corrected chi connectivity index (χ1v) is 40.5. The lowest BCUT2D eigenvalue weighted by Gasteiger charge is -2.36. The highest BCUT2D eigenvalue weighted by Crippen LogP contribution is 2.50. The van der Waals surface area contributed by atoms with E-state index in [1.165, 1.54) is 159 Å². The molecule has 0 unspecified atom stereocenters. The van der Waals surface area contributed by atoms with Crippen molar-refractivity contribution in [1.82, 2.24) is 18.3 Å². The summed E-state index contributed by atoms with van der Waals surface area (Å²) in [5, 5.41) is 10.1. The van der Waals surface area contributed by atoms with Gasteiger partial charge >= 0.3 is 0 Å². The van der Waals surface area contributed by atoms with E-state index in [1.807, 2.05) is 18.2 Å². The Hall–Kier alpha value is -10.2. The largest absolute Gasteiger partial charge is 0.310 e. The molecular weight excluding hydrogens is 1350 g/mol. The Kier molecular flexibility index (Phi) is 14.1. The number of nitrogens with zero attached hydrogens (tertiary/aromatic N) is 4. The zero-order valence-corrected chi connectivity index (χ0v) is 68.9. The van der Waals surface area contributed by atoms with Crippen molar-refractivity contribution in [2.45, 2.75) is 202 Å². The summed E-state index contributed by atoms with van der Waals surface area (Å²) in [5.74, 6) is -0.476. The molecule has 0 amide bonds. The van der Waals surface area contributed by atoms with Crippen molar-refractivity contribution >= 4 is 133 Å². The van der Waals surface area contributed by atoms with Gasteiger partial charge in [0.05, 0.1) is 22.1 Å². The van der Waals surface area contributed by atoms with Crippen LogP contribution in [0.2, 0.25) is 0 Å². The average molecular weight is 1450 g/mol. The molecule has 4 nitrogen and oxygen atoms in total. The van der Waals surface area contributed by atoms with Crippen molar-refractivity contribution < 1.29 is 8.78 Å². The smallest absolute Gasteiger partial charge is 0.252 e. The quantitative estimate of drug-likeness (QED) is 0.148. The van der Waals surface area contributed by atoms with Crippen LogP contribution in [-0.2, 0) is 43.3 Å². The third kappa shape index (κ3) is 10.0. The molecule has 0 spiro atoms. The number of fused-ring (bicyclic) bond motifs is 20. The Balaban J connectivity index is 0.778. The van der Waals surface area contributed by atoms with Gasteiger partial charge in [0.25, 0.3) is 13.4 Å². The van der Waals surface area contributed by atoms with Crippen LogP contribution >= 0.6 is 0 Å². The van der Waals surface area contributed by atoms with E-state index >= 15 is 8.78 Å². The fourth-order valence-corrected chi connectivity index (χ4v) is 20.6. The van der Waals surface area contributed by atoms with E-state index < -0.39 is 0 Å². The number of hydrogen-bond acceptors (Lipinski definition) is 0. The molecule has 16 aromatic rings. The van der Waals surface area contributed by atoms with Crippen LogP contribution in [0.4, 0.5) is 8.78 Å². The van der Waals surface area contributed by atoms with E-state index in [2.05, 4.69) is 322 Å². The van der Waals surface area contributed by atoms with Gasteiger partial charge in [-0.2, -0.15) is 0 Å². The third-order valence-electron chi connectivity index (χ3n) is 26.6. The molecule has 0 fully saturated rings. The molecular formula is C103H100B2F2N4. The van der Waals surface area contributed by atoms with Crippen molar-refractivity contribution in [2.75, 3.05) is 0 Å². The van der Waals surface area contributed by atoms with E-state index in [9.17, 15) is 0 Å². The first-order valence-electron chi connectivity index (χ1n) is 40.5. The van der Waals surface area contributed by atoms with Gasteiger partial charge in [-0.3, -0.25) is 0 Å². The van der Waals surface area contributed by atoms with Crippen LogP contribution in [-0.4, -0.2) is 31.7 Å². The molecule has 8 heterocycles. The summed E-state index contributed by atoms with van der Waals surface area (Å²) in [4.78, 5) is 0. The van der Waals surface area contributed by atoms with Gasteiger partial charge in [0, 0.05) is 93.5 Å². The number of hydrogen-bond donors (Lipinski definition) is 0. The molecule has 0 aliphatic carbocycles. The van der Waals surface area contributed by atoms with Gasteiger partial charge in [-0.15, -0.1) is 0 Å². The SMILES string of the molecule is CC(C)(C)c1ccc2c(c1)c1cc(C(C)(C)C)cc3c1n2-c1cc(-c2cccc(F)c2)cc2c1B3c1cc(C(C)(C)C)cc3c4cc(C(C)(C)CC(C)(C)c5ccc6c(c5)c5cc(C(C)(C)C)cc7c5n6-c5cc(-c6ccccc6F)cc6c5B7c5cc(C(C)(C)C)cc7c8cc(C(C)(C)C)ccc8n-6c57)ccc4n-2c13. The maximum Gasteiger partial charge on any atom is 0.252 e. The molecule has 111 heavy (non-hydrogen) atoms. The molecule has 4 aliphatic rings. The molecule has 20 rings (SSSR count). The highest BCUT2D eigenvalue weighted by atomic mass is 19.1. The van der Waals surface area contributed by atoms with Crippen LogP contribution in [0.25, 0.3) is 132 Å². The van der Waals surface area contributed by atoms with Crippen LogP contribution in [0.5, 0.6) is 0 Å². The molecule has 0 radical (unpaired) electrons. The molecule has 8 heteroatoms. The fourth-order valence-electron chi connectivity index (χ4n) is 20.6. The van der Waals surface area contributed by atoms with Crippen LogP contribution in [0.15, 0.2) is 194 Å². The van der Waals surface area contributed by atoms with E-state index in [4.69, 9.17) is 0 Å². The second-order valence-electron chi connectivity index (χ2n) is 41.3. The lowest BCUT2D eigenvalue weighted by Crippen LogP contribution is -2.59. The minimum atomic E-state index is -0.312. The summed E-state index contributed by atoms with van der Waals surface area (Å²) in [5.41, 5.74) is 34.5. The standard InChI is InChI=1S/C103H100B2F2N4/c1-96(2,3)59-30-34-82-69(43-59)73-47-63(98(7,8)9)51-77-92(73)108(82)86-39-57(56-26-25-27-67(106)38-56)40-87-90(86)104(77)79-53-65(100(13,14)15)49-75-71-45-61(32-36-84(71)109(87)94(75)79)102(19,20)55-103(21,22)62-33-37-85-72(46-62)76-50-66(101(16,17)18)54-80-95(76)111(85)89-42-58(68-28-23-24-29-81(68)107)41-88-91(89)105(80)78-52-64(99(10,11)12)48-74-70-44-60(97(4,5)6)31-35-83(70)110(88)93(74)78/h23-54H,55H2,1-22H3. The highest BCUT2D eigenvalue weighted by molar-refractivity contribution is 7.01. The minimum absolute atomic E-state index is 0.0524. The predicted molar refractivity (Wildman–Crippen MR) is 473 cm³/mol. The maximum atomic E-state index is 16.7. The van der Waals surface area contributed by atoms with E-state index in [0.29, 0.717) is 5.56 Å². The molecule has 552 valence electrons. The summed E-state index contributed by atoms with van der Waals surface area (Å²) < 4.78 is 42.8. The molecule has 0 saturated carbocycles. The fraction of sp³-hybridized carbons (Fsp3) is 0.301. The van der Waals surface area contributed by atoms with Crippen LogP contribution in [0.1, 0.15) is 203 Å². The number of benzene rings is 12. The second kappa shape index (κ2) is 22.4. The zero-order chi connectivity index (χ0) is 77.9. The zero-order valence-electron chi connectivity index (χ0n) is 68.9. The summed E-state index contributed by atoms with van der Waals surface area (Å²) >= 11 is 0. The van der Waals surface area contributed by atoms with Gasteiger partial charge in [0.15, 0.2) is 0 Å². The van der Waals surface area contributed by atoms with Crippen LogP contribution in [0.3, 0.4) is 0 Å². The third-order valence-corrected chi connectivity index (χ3v) is 26.6. The molecule has 12 aromatic carbocycles. The maximum absolute atomic E-state index is 16.7. The first kappa shape index (κ1) is 70.0. The normalized spacial score (nSPS) is 14.3. The number of aromatic nitrogens is 4. The Morgan fingerprint density at radius 2 is 0.559 bits per heavy atom. The van der Waals surface area contributed by atoms with Gasteiger partial charge < -0.3 is 18.3 Å². The number of halogens is 2. The van der Waals surface area contributed by atoms with Crippen molar-refractivity contribution in [3.05, 3.63) is 250 Å². The van der Waals surface area contributed by atoms with Gasteiger partial charge in [0.1, 0.15) is 11.6 Å². The van der Waals surface area contributed by atoms with Crippen LogP contribution in [0, 0.1) is 11.6 Å². The molecule has 0 saturated heterocycles. The van der Waals surface area contributed by atoms with Gasteiger partial charge in [-0.25, -0.2) is 8.78 Å². The first-order chi connectivity index (χ1) is 52.1. The Labute approximate surface area is 653 Å². The van der Waals surface area contributed by atoms with E-state index in [0.717, 1.165) is 51.4 Å². The lowest BCUT2D eigenvalue weighted by molar-refractivity contribution is 0.349. The molecule has 0 atom stereocenters. The monoisotopic (exact) mass is 1450 g/mol. The Bertz CT molecular complexity index is 6890. The molecule has 4 aromatic heterocycles. The summed E-state index contributed by atoms with van der Waals surface area (Å²) in [6.45, 7) is 51.9. The Morgan fingerprint density at radius 3 is 0.874 bits per heavy atom. The summed E-state index contributed by atoms with van der Waals surface area (Å²) in [6, 6.07) is 73.2. The van der Waals surface area contributed by atoms with Crippen molar-refractivity contribution in [3.63, 3.8) is 0 Å². The second-order valence-corrected chi connectivity index (χ2v) is 41.3. The minimum Gasteiger partial charge on any atom is -0.310 e. The molecule has 0 bridgehead atoms. The summed E-state index contributed by atoms with van der Waals surface area (Å²) in [6.07, 6.45) is 0.865. The average Bonchev–Trinajstić information content (AvgIpc) is 1.55. The van der Waals surface area contributed by atoms with Crippen molar-refractivity contribution in [2.24, 2.45) is 0 Å². The van der Waals surface area contributed by atoms with Gasteiger partial charge in [-0.05, 0) is 259 Å². The van der Waals surface area contributed by atoms with Gasteiger partial charge in [-0.1, -0.05) is 231 Å². The number of rotatable bonds is 6. The Morgan fingerprint density at radius 1 is 0.261 bits per heavy atom. The van der Waals surface area contributed by atoms with Crippen LogP contribution < -0.4 is 32.8 Å². The highest BCUT2D eigenvalue weighted by Gasteiger charge is 2.47.